The van der Waals surface area contributed by atoms with Gasteiger partial charge in [-0.1, -0.05) is 54.9 Å². The van der Waals surface area contributed by atoms with Crippen LogP contribution in [0.2, 0.25) is 18.1 Å². The van der Waals surface area contributed by atoms with E-state index in [9.17, 15) is 9.90 Å². The molecule has 0 aliphatic rings. The van der Waals surface area contributed by atoms with Crippen LogP contribution >= 0.6 is 0 Å². The molecule has 0 aromatic rings. The van der Waals surface area contributed by atoms with Crippen molar-refractivity contribution in [1.82, 2.24) is 0 Å². The molecule has 3 nitrogen and oxygen atoms in total. The Labute approximate surface area is 139 Å². The van der Waals surface area contributed by atoms with Gasteiger partial charge in [-0.25, -0.2) is 0 Å². The highest BCUT2D eigenvalue weighted by Crippen LogP contribution is 2.38. The average molecular weight is 331 g/mol. The average Bonchev–Trinajstić information content (AvgIpc) is 2.35. The lowest BCUT2D eigenvalue weighted by molar-refractivity contribution is -0.128. The smallest absolute Gasteiger partial charge is 0.192 e. The number of carbonyl (C=O) groups excluding carboxylic acids is 1. The SMILES string of the molecule is CCC[C@H](O[Si](C)(C)C(C)(C)C)[C@@H](C)C(=O)C[C@@H](O)C(C)C. The van der Waals surface area contributed by atoms with Gasteiger partial charge in [0.05, 0.1) is 12.2 Å². The number of hydrogen-bond acceptors (Lipinski definition) is 3. The van der Waals surface area contributed by atoms with E-state index >= 15 is 0 Å². The number of hydrogen-bond donors (Lipinski definition) is 1. The Kier molecular flexibility index (Phi) is 8.53. The van der Waals surface area contributed by atoms with Gasteiger partial charge in [0.1, 0.15) is 5.78 Å². The highest BCUT2D eigenvalue weighted by atomic mass is 28.4. The summed E-state index contributed by atoms with van der Waals surface area (Å²) in [5.41, 5.74) is 0. The van der Waals surface area contributed by atoms with Crippen molar-refractivity contribution in [2.75, 3.05) is 0 Å². The highest BCUT2D eigenvalue weighted by molar-refractivity contribution is 6.74. The highest BCUT2D eigenvalue weighted by Gasteiger charge is 2.40. The maximum absolute atomic E-state index is 12.5. The Morgan fingerprint density at radius 3 is 2.05 bits per heavy atom. The van der Waals surface area contributed by atoms with E-state index in [0.717, 1.165) is 12.8 Å². The van der Waals surface area contributed by atoms with E-state index in [4.69, 9.17) is 4.43 Å². The molecule has 0 unspecified atom stereocenters. The molecule has 0 aliphatic heterocycles. The molecule has 0 amide bonds. The van der Waals surface area contributed by atoms with Gasteiger partial charge in [0.25, 0.3) is 0 Å². The van der Waals surface area contributed by atoms with E-state index < -0.39 is 14.4 Å². The van der Waals surface area contributed by atoms with Gasteiger partial charge in [-0.3, -0.25) is 4.79 Å². The van der Waals surface area contributed by atoms with Crippen LogP contribution in [0, 0.1) is 11.8 Å². The number of Topliss-reactive ketones (excluding diaryl/α,β-unsaturated/α-hetero) is 1. The molecule has 0 aliphatic carbocycles. The van der Waals surface area contributed by atoms with Crippen molar-refractivity contribution in [3.63, 3.8) is 0 Å². The van der Waals surface area contributed by atoms with Crippen molar-refractivity contribution in [1.29, 1.82) is 0 Å². The Balaban J connectivity index is 4.98. The van der Waals surface area contributed by atoms with Crippen LogP contribution < -0.4 is 0 Å². The monoisotopic (exact) mass is 330 g/mol. The van der Waals surface area contributed by atoms with Crippen LogP contribution in [-0.2, 0) is 9.22 Å². The Hall–Kier alpha value is -0.193. The van der Waals surface area contributed by atoms with Crippen LogP contribution in [0.15, 0.2) is 0 Å². The third kappa shape index (κ3) is 6.51. The van der Waals surface area contributed by atoms with Crippen LogP contribution in [0.25, 0.3) is 0 Å². The first-order valence-corrected chi connectivity index (χ1v) is 11.6. The molecule has 0 heterocycles. The fraction of sp³-hybridized carbons (Fsp3) is 0.944. The van der Waals surface area contributed by atoms with E-state index in [1.54, 1.807) is 0 Å². The van der Waals surface area contributed by atoms with Gasteiger partial charge in [-0.15, -0.1) is 0 Å². The lowest BCUT2D eigenvalue weighted by Crippen LogP contribution is -2.46. The largest absolute Gasteiger partial charge is 0.413 e. The van der Waals surface area contributed by atoms with Gasteiger partial charge in [0.2, 0.25) is 0 Å². The second-order valence-electron chi connectivity index (χ2n) is 8.48. The van der Waals surface area contributed by atoms with Crippen molar-refractivity contribution in [3.05, 3.63) is 0 Å². The number of ketones is 1. The van der Waals surface area contributed by atoms with Crippen LogP contribution in [0.5, 0.6) is 0 Å². The summed E-state index contributed by atoms with van der Waals surface area (Å²) in [6, 6.07) is 0. The van der Waals surface area contributed by atoms with E-state index in [1.165, 1.54) is 0 Å². The maximum Gasteiger partial charge on any atom is 0.192 e. The molecule has 0 aromatic heterocycles. The first-order chi connectivity index (χ1) is 9.83. The molecule has 0 radical (unpaired) electrons. The standard InChI is InChI=1S/C18H38O3Si/c1-10-11-17(21-22(8,9)18(5,6)7)14(4)16(20)12-15(19)13(2)3/h13-15,17,19H,10-12H2,1-9H3/t14-,15+,17-/m0/s1. The van der Waals surface area contributed by atoms with Gasteiger partial charge < -0.3 is 9.53 Å². The van der Waals surface area contributed by atoms with E-state index in [1.807, 2.05) is 20.8 Å². The molecule has 0 saturated heterocycles. The molecule has 0 saturated carbocycles. The third-order valence-corrected chi connectivity index (χ3v) is 9.58. The molecule has 0 fully saturated rings. The van der Waals surface area contributed by atoms with Crippen molar-refractivity contribution in [2.24, 2.45) is 11.8 Å². The minimum absolute atomic E-state index is 0.0299. The molecular weight excluding hydrogens is 292 g/mol. The summed E-state index contributed by atoms with van der Waals surface area (Å²) < 4.78 is 6.50. The molecular formula is C18H38O3Si. The molecule has 132 valence electrons. The van der Waals surface area contributed by atoms with Crippen molar-refractivity contribution in [2.45, 2.75) is 98.1 Å². The Morgan fingerprint density at radius 2 is 1.68 bits per heavy atom. The molecule has 3 atom stereocenters. The third-order valence-electron chi connectivity index (χ3n) is 5.07. The number of carbonyl (C=O) groups is 1. The summed E-state index contributed by atoms with van der Waals surface area (Å²) in [5, 5.41) is 10.1. The second kappa shape index (κ2) is 8.60. The zero-order chi connectivity index (χ0) is 17.7. The summed E-state index contributed by atoms with van der Waals surface area (Å²) in [4.78, 5) is 12.5. The van der Waals surface area contributed by atoms with Crippen LogP contribution in [-0.4, -0.2) is 31.4 Å². The molecule has 0 aromatic carbocycles. The van der Waals surface area contributed by atoms with Gasteiger partial charge in [0, 0.05) is 12.3 Å². The summed E-state index contributed by atoms with van der Waals surface area (Å²) in [6.45, 7) is 19.1. The Bertz CT molecular complexity index is 345. The number of aliphatic hydroxyl groups is 1. The van der Waals surface area contributed by atoms with Crippen molar-refractivity contribution >= 4 is 14.1 Å². The van der Waals surface area contributed by atoms with Crippen LogP contribution in [0.1, 0.15) is 67.7 Å². The van der Waals surface area contributed by atoms with Crippen molar-refractivity contribution < 1.29 is 14.3 Å². The lowest BCUT2D eigenvalue weighted by atomic mass is 9.90. The second-order valence-corrected chi connectivity index (χ2v) is 13.2. The van der Waals surface area contributed by atoms with Crippen molar-refractivity contribution in [3.8, 4) is 0 Å². The quantitative estimate of drug-likeness (QED) is 0.618. The van der Waals surface area contributed by atoms with Gasteiger partial charge in [-0.2, -0.15) is 0 Å². The zero-order valence-electron chi connectivity index (χ0n) is 16.2. The summed E-state index contributed by atoms with van der Waals surface area (Å²) in [7, 11) is -1.89. The van der Waals surface area contributed by atoms with Gasteiger partial charge in [-0.05, 0) is 30.5 Å². The number of rotatable bonds is 9. The zero-order valence-corrected chi connectivity index (χ0v) is 17.2. The van der Waals surface area contributed by atoms with Gasteiger partial charge in [0.15, 0.2) is 8.32 Å². The fourth-order valence-electron chi connectivity index (χ4n) is 2.09. The van der Waals surface area contributed by atoms with Crippen LogP contribution in [0.3, 0.4) is 0 Å². The predicted octanol–water partition coefficient (Wildman–Crippen LogP) is 4.79. The molecule has 0 bridgehead atoms. The summed E-state index contributed by atoms with van der Waals surface area (Å²) >= 11 is 0. The first-order valence-electron chi connectivity index (χ1n) is 8.72. The minimum atomic E-state index is -1.89. The lowest BCUT2D eigenvalue weighted by Gasteiger charge is -2.40. The molecule has 1 N–H and O–H groups in total. The van der Waals surface area contributed by atoms with E-state index in [-0.39, 0.29) is 35.2 Å². The van der Waals surface area contributed by atoms with E-state index in [0.29, 0.717) is 0 Å². The summed E-state index contributed by atoms with van der Waals surface area (Å²) in [6.07, 6.45) is 1.56. The molecule has 22 heavy (non-hydrogen) atoms. The van der Waals surface area contributed by atoms with E-state index in [2.05, 4.69) is 40.8 Å². The maximum atomic E-state index is 12.5. The van der Waals surface area contributed by atoms with Gasteiger partial charge >= 0.3 is 0 Å². The number of aliphatic hydroxyl groups excluding tert-OH is 1. The molecule has 4 heteroatoms. The minimum Gasteiger partial charge on any atom is -0.413 e. The predicted molar refractivity (Wildman–Crippen MR) is 96.6 cm³/mol. The fourth-order valence-corrected chi connectivity index (χ4v) is 3.52. The van der Waals surface area contributed by atoms with Crippen LogP contribution in [0.4, 0.5) is 0 Å². The molecule has 0 rings (SSSR count). The molecule has 0 spiro atoms. The Morgan fingerprint density at radius 1 is 1.18 bits per heavy atom. The normalized spacial score (nSPS) is 17.4. The topological polar surface area (TPSA) is 46.5 Å². The first kappa shape index (κ1) is 21.8. The summed E-state index contributed by atoms with van der Waals surface area (Å²) in [5.74, 6) is 0.0860.